The Bertz CT molecular complexity index is 650. The zero-order chi connectivity index (χ0) is 17.5. The lowest BCUT2D eigenvalue weighted by Gasteiger charge is -2.32. The minimum absolute atomic E-state index is 0.226. The minimum Gasteiger partial charge on any atom is -0.454 e. The van der Waals surface area contributed by atoms with Crippen molar-refractivity contribution in [3.63, 3.8) is 0 Å². The number of esters is 1. The van der Waals surface area contributed by atoms with Gasteiger partial charge in [0.25, 0.3) is 0 Å². The molecule has 2 unspecified atom stereocenters. The summed E-state index contributed by atoms with van der Waals surface area (Å²) in [6.45, 7) is 5.45. The first kappa shape index (κ1) is 17.7. The Labute approximate surface area is 150 Å². The van der Waals surface area contributed by atoms with Crippen molar-refractivity contribution in [1.29, 1.82) is 0 Å². The molecule has 1 fully saturated rings. The third kappa shape index (κ3) is 4.93. The van der Waals surface area contributed by atoms with Crippen molar-refractivity contribution < 1.29 is 9.53 Å². The highest BCUT2D eigenvalue weighted by molar-refractivity contribution is 5.89. The molecule has 0 N–H and O–H groups in total. The van der Waals surface area contributed by atoms with Gasteiger partial charge in [-0.2, -0.15) is 0 Å². The van der Waals surface area contributed by atoms with Crippen molar-refractivity contribution in [1.82, 2.24) is 4.90 Å². The summed E-state index contributed by atoms with van der Waals surface area (Å²) < 4.78 is 5.96. The molecule has 1 aliphatic heterocycles. The highest BCUT2D eigenvalue weighted by atomic mass is 16.5. The quantitative estimate of drug-likeness (QED) is 0.715. The fourth-order valence-electron chi connectivity index (χ4n) is 3.56. The second kappa shape index (κ2) is 8.82. The average Bonchev–Trinajstić information content (AvgIpc) is 2.68. The molecule has 3 heteroatoms. The SMILES string of the molecule is CC(CN1CCCCC1)C(OC(=O)c1ccccc1)c1ccccc1. The predicted molar refractivity (Wildman–Crippen MR) is 100 cm³/mol. The highest BCUT2D eigenvalue weighted by Crippen LogP contribution is 2.28. The number of carbonyl (C=O) groups is 1. The number of ether oxygens (including phenoxy) is 1. The first-order valence-corrected chi connectivity index (χ1v) is 9.27. The van der Waals surface area contributed by atoms with Crippen molar-refractivity contribution >= 4 is 5.97 Å². The fraction of sp³-hybridized carbons (Fsp3) is 0.409. The fourth-order valence-corrected chi connectivity index (χ4v) is 3.56. The number of rotatable bonds is 6. The summed E-state index contributed by atoms with van der Waals surface area (Å²) in [6, 6.07) is 19.4. The molecule has 0 amide bonds. The number of nitrogens with zero attached hydrogens (tertiary/aromatic N) is 1. The van der Waals surface area contributed by atoms with E-state index in [1.54, 1.807) is 12.1 Å². The van der Waals surface area contributed by atoms with E-state index < -0.39 is 0 Å². The molecule has 1 aliphatic rings. The van der Waals surface area contributed by atoms with Crippen LogP contribution in [0, 0.1) is 5.92 Å². The third-order valence-corrected chi connectivity index (χ3v) is 4.88. The second-order valence-electron chi connectivity index (χ2n) is 6.94. The molecule has 0 saturated carbocycles. The summed E-state index contributed by atoms with van der Waals surface area (Å²) in [5.74, 6) is -0.00638. The van der Waals surface area contributed by atoms with Gasteiger partial charge in [-0.05, 0) is 43.6 Å². The first-order valence-electron chi connectivity index (χ1n) is 9.27. The maximum absolute atomic E-state index is 12.6. The molecule has 2 aromatic carbocycles. The van der Waals surface area contributed by atoms with Crippen LogP contribution in [-0.2, 0) is 4.74 Å². The van der Waals surface area contributed by atoms with Gasteiger partial charge < -0.3 is 9.64 Å². The number of hydrogen-bond acceptors (Lipinski definition) is 3. The van der Waals surface area contributed by atoms with E-state index in [4.69, 9.17) is 4.74 Å². The molecule has 1 saturated heterocycles. The van der Waals surface area contributed by atoms with Crippen molar-refractivity contribution in [3.8, 4) is 0 Å². The average molecular weight is 337 g/mol. The van der Waals surface area contributed by atoms with E-state index in [0.29, 0.717) is 5.56 Å². The number of carbonyl (C=O) groups excluding carboxylic acids is 1. The molecular formula is C22H27NO2. The molecule has 3 rings (SSSR count). The summed E-state index contributed by atoms with van der Waals surface area (Å²) in [5.41, 5.74) is 1.67. The standard InChI is InChI=1S/C22H27NO2/c1-18(17-23-15-9-4-10-16-23)21(19-11-5-2-6-12-19)25-22(24)20-13-7-3-8-14-20/h2-3,5-8,11-14,18,21H,4,9-10,15-17H2,1H3. The van der Waals surface area contributed by atoms with Crippen LogP contribution in [0.1, 0.15) is 48.2 Å². The van der Waals surface area contributed by atoms with E-state index >= 15 is 0 Å². The van der Waals surface area contributed by atoms with Gasteiger partial charge in [-0.1, -0.05) is 61.9 Å². The minimum atomic E-state index is -0.250. The molecule has 0 radical (unpaired) electrons. The van der Waals surface area contributed by atoms with E-state index in [1.165, 1.54) is 19.3 Å². The van der Waals surface area contributed by atoms with Gasteiger partial charge >= 0.3 is 5.97 Å². The van der Waals surface area contributed by atoms with Gasteiger partial charge in [-0.15, -0.1) is 0 Å². The topological polar surface area (TPSA) is 29.5 Å². The van der Waals surface area contributed by atoms with E-state index in [-0.39, 0.29) is 18.0 Å². The summed E-state index contributed by atoms with van der Waals surface area (Å²) in [6.07, 6.45) is 3.64. The Morgan fingerprint density at radius 3 is 2.20 bits per heavy atom. The van der Waals surface area contributed by atoms with Crippen molar-refractivity contribution in [2.75, 3.05) is 19.6 Å². The lowest BCUT2D eigenvalue weighted by atomic mass is 9.95. The van der Waals surface area contributed by atoms with Gasteiger partial charge in [0.2, 0.25) is 0 Å². The van der Waals surface area contributed by atoms with Gasteiger partial charge in [0.15, 0.2) is 0 Å². The van der Waals surface area contributed by atoms with Crippen LogP contribution in [0.25, 0.3) is 0 Å². The van der Waals surface area contributed by atoms with E-state index in [2.05, 4.69) is 24.0 Å². The Morgan fingerprint density at radius 2 is 1.56 bits per heavy atom. The summed E-state index contributed by atoms with van der Waals surface area (Å²) >= 11 is 0. The molecule has 2 aromatic rings. The largest absolute Gasteiger partial charge is 0.454 e. The van der Waals surface area contributed by atoms with Crippen molar-refractivity contribution in [3.05, 3.63) is 71.8 Å². The first-order chi connectivity index (χ1) is 12.2. The van der Waals surface area contributed by atoms with Gasteiger partial charge in [0.05, 0.1) is 5.56 Å². The molecule has 1 heterocycles. The molecule has 3 nitrogen and oxygen atoms in total. The Hall–Kier alpha value is -2.13. The monoisotopic (exact) mass is 337 g/mol. The van der Waals surface area contributed by atoms with E-state index in [0.717, 1.165) is 25.2 Å². The number of likely N-dealkylation sites (tertiary alicyclic amines) is 1. The van der Waals surface area contributed by atoms with Crippen molar-refractivity contribution in [2.24, 2.45) is 5.92 Å². The molecular weight excluding hydrogens is 310 g/mol. The summed E-state index contributed by atoms with van der Waals surface area (Å²) in [4.78, 5) is 15.1. The lowest BCUT2D eigenvalue weighted by Crippen LogP contribution is -2.36. The maximum atomic E-state index is 12.6. The molecule has 0 bridgehead atoms. The van der Waals surface area contributed by atoms with Gasteiger partial charge in [-0.3, -0.25) is 0 Å². The second-order valence-corrected chi connectivity index (χ2v) is 6.94. The van der Waals surface area contributed by atoms with E-state index in [1.807, 2.05) is 36.4 Å². The lowest BCUT2D eigenvalue weighted by molar-refractivity contribution is 0.00874. The zero-order valence-electron chi connectivity index (χ0n) is 14.9. The van der Waals surface area contributed by atoms with Gasteiger partial charge in [0, 0.05) is 12.5 Å². The van der Waals surface area contributed by atoms with Crippen LogP contribution >= 0.6 is 0 Å². The Kier molecular flexibility index (Phi) is 6.24. The van der Waals surface area contributed by atoms with Crippen molar-refractivity contribution in [2.45, 2.75) is 32.3 Å². The smallest absolute Gasteiger partial charge is 0.338 e. The number of benzene rings is 2. The van der Waals surface area contributed by atoms with E-state index in [9.17, 15) is 4.79 Å². The number of hydrogen-bond donors (Lipinski definition) is 0. The molecule has 2 atom stereocenters. The summed E-state index contributed by atoms with van der Waals surface area (Å²) in [7, 11) is 0. The third-order valence-electron chi connectivity index (χ3n) is 4.88. The number of piperidine rings is 1. The van der Waals surface area contributed by atoms with Gasteiger partial charge in [0.1, 0.15) is 6.10 Å². The molecule has 0 spiro atoms. The molecule has 0 aromatic heterocycles. The molecule has 132 valence electrons. The summed E-state index contributed by atoms with van der Waals surface area (Å²) in [5, 5.41) is 0. The van der Waals surface area contributed by atoms with Crippen LogP contribution in [0.15, 0.2) is 60.7 Å². The van der Waals surface area contributed by atoms with Crippen LogP contribution in [-0.4, -0.2) is 30.5 Å². The van der Waals surface area contributed by atoms with Crippen LogP contribution in [0.3, 0.4) is 0 Å². The van der Waals surface area contributed by atoms with Crippen LogP contribution in [0.4, 0.5) is 0 Å². The predicted octanol–water partition coefficient (Wildman–Crippen LogP) is 4.71. The van der Waals surface area contributed by atoms with Crippen LogP contribution in [0.5, 0.6) is 0 Å². The zero-order valence-corrected chi connectivity index (χ0v) is 14.9. The Balaban J connectivity index is 1.74. The maximum Gasteiger partial charge on any atom is 0.338 e. The molecule has 0 aliphatic carbocycles. The van der Waals surface area contributed by atoms with Crippen LogP contribution in [0.2, 0.25) is 0 Å². The van der Waals surface area contributed by atoms with Gasteiger partial charge in [-0.25, -0.2) is 4.79 Å². The van der Waals surface area contributed by atoms with Crippen LogP contribution < -0.4 is 0 Å². The highest BCUT2D eigenvalue weighted by Gasteiger charge is 2.26. The molecule has 25 heavy (non-hydrogen) atoms. The Morgan fingerprint density at radius 1 is 0.960 bits per heavy atom. The normalized spacial score (nSPS) is 17.6.